The highest BCUT2D eigenvalue weighted by molar-refractivity contribution is 5.89. The first-order valence-corrected chi connectivity index (χ1v) is 5.79. The smallest absolute Gasteiger partial charge is 0.335 e. The summed E-state index contributed by atoms with van der Waals surface area (Å²) in [4.78, 5) is 21.0. The summed E-state index contributed by atoms with van der Waals surface area (Å²) < 4.78 is 0. The van der Waals surface area contributed by atoms with E-state index in [1.807, 2.05) is 0 Å². The minimum absolute atomic E-state index is 0.101. The first kappa shape index (κ1) is 14.1. The quantitative estimate of drug-likeness (QED) is 0.500. The highest BCUT2D eigenvalue weighted by atomic mass is 16.6. The molecule has 2 aromatic carbocycles. The molecule has 0 bridgehead atoms. The second-order valence-corrected chi connectivity index (χ2v) is 4.13. The molecule has 6 heteroatoms. The van der Waals surface area contributed by atoms with Crippen molar-refractivity contribution in [2.45, 2.75) is 0 Å². The Kier molecular flexibility index (Phi) is 3.86. The van der Waals surface area contributed by atoms with Gasteiger partial charge in [-0.05, 0) is 30.3 Å². The van der Waals surface area contributed by atoms with Crippen molar-refractivity contribution in [3.8, 4) is 17.6 Å². The van der Waals surface area contributed by atoms with Crippen LogP contribution < -0.4 is 0 Å². The van der Waals surface area contributed by atoms with Gasteiger partial charge in [-0.2, -0.15) is 0 Å². The van der Waals surface area contributed by atoms with Gasteiger partial charge in [0.25, 0.3) is 5.69 Å². The number of nitrogens with zero attached hydrogens (tertiary/aromatic N) is 1. The fourth-order valence-electron chi connectivity index (χ4n) is 1.60. The molecule has 0 atom stereocenters. The molecule has 0 radical (unpaired) electrons. The van der Waals surface area contributed by atoms with E-state index >= 15 is 0 Å². The number of aromatic hydroxyl groups is 1. The Morgan fingerprint density at radius 1 is 1.05 bits per heavy atom. The van der Waals surface area contributed by atoms with E-state index in [2.05, 4.69) is 11.8 Å². The zero-order valence-electron chi connectivity index (χ0n) is 10.6. The van der Waals surface area contributed by atoms with Crippen LogP contribution in [-0.2, 0) is 0 Å². The third kappa shape index (κ3) is 3.58. The average molecular weight is 283 g/mol. The molecule has 0 heterocycles. The Morgan fingerprint density at radius 3 is 2.24 bits per heavy atom. The molecule has 2 aromatic rings. The van der Waals surface area contributed by atoms with Crippen LogP contribution in [-0.4, -0.2) is 21.1 Å². The van der Waals surface area contributed by atoms with Gasteiger partial charge in [0.05, 0.1) is 10.5 Å². The maximum atomic E-state index is 10.9. The van der Waals surface area contributed by atoms with E-state index in [9.17, 15) is 14.9 Å². The lowest BCUT2D eigenvalue weighted by molar-refractivity contribution is -0.384. The van der Waals surface area contributed by atoms with Crippen molar-refractivity contribution in [2.24, 2.45) is 0 Å². The monoisotopic (exact) mass is 283 g/mol. The Hall–Kier alpha value is -3.33. The molecule has 0 amide bonds. The second kappa shape index (κ2) is 5.75. The number of phenols is 1. The van der Waals surface area contributed by atoms with E-state index in [0.717, 1.165) is 6.07 Å². The Labute approximate surface area is 119 Å². The predicted octanol–water partition coefficient (Wildman–Crippen LogP) is 2.40. The third-order valence-electron chi connectivity index (χ3n) is 2.59. The number of hydrogen-bond acceptors (Lipinski definition) is 4. The molecular formula is C15H9NO5. The first-order chi connectivity index (χ1) is 9.95. The molecule has 0 aliphatic carbocycles. The highest BCUT2D eigenvalue weighted by Gasteiger charge is 2.12. The highest BCUT2D eigenvalue weighted by Crippen LogP contribution is 2.17. The van der Waals surface area contributed by atoms with Crippen molar-refractivity contribution in [1.82, 2.24) is 0 Å². The Balaban J connectivity index is 2.42. The van der Waals surface area contributed by atoms with Gasteiger partial charge < -0.3 is 10.2 Å². The van der Waals surface area contributed by atoms with Crippen LogP contribution in [0.15, 0.2) is 42.5 Å². The standard InChI is InChI=1S/C15H9NO5/c17-14-5-3-10(4-6-14)1-2-11-7-12(15(18)19)9-13(8-11)16(20)21/h3-9,17H,(H,18,19). The van der Waals surface area contributed by atoms with Gasteiger partial charge in [0.1, 0.15) is 5.75 Å². The molecule has 0 aliphatic rings. The number of carboxylic acids is 1. The fourth-order valence-corrected chi connectivity index (χ4v) is 1.60. The van der Waals surface area contributed by atoms with E-state index in [1.165, 1.54) is 24.3 Å². The summed E-state index contributed by atoms with van der Waals surface area (Å²) in [6.45, 7) is 0. The molecule has 2 rings (SSSR count). The number of carbonyl (C=O) groups is 1. The number of hydrogen-bond donors (Lipinski definition) is 2. The normalized spacial score (nSPS) is 9.52. The lowest BCUT2D eigenvalue weighted by Crippen LogP contribution is -1.99. The SMILES string of the molecule is O=C(O)c1cc(C#Cc2ccc(O)cc2)cc([N+](=O)[O-])c1. The van der Waals surface area contributed by atoms with Crippen LogP contribution in [0.25, 0.3) is 0 Å². The number of benzene rings is 2. The van der Waals surface area contributed by atoms with Crippen LogP contribution in [0.4, 0.5) is 5.69 Å². The summed E-state index contributed by atoms with van der Waals surface area (Å²) in [5.74, 6) is 4.26. The molecule has 21 heavy (non-hydrogen) atoms. The number of phenolic OH excluding ortho intramolecular Hbond substituents is 1. The van der Waals surface area contributed by atoms with Crippen LogP contribution in [0.3, 0.4) is 0 Å². The van der Waals surface area contributed by atoms with Crippen LogP contribution in [0.5, 0.6) is 5.75 Å². The summed E-state index contributed by atoms with van der Waals surface area (Å²) in [7, 11) is 0. The van der Waals surface area contributed by atoms with E-state index in [4.69, 9.17) is 10.2 Å². The van der Waals surface area contributed by atoms with E-state index < -0.39 is 10.9 Å². The van der Waals surface area contributed by atoms with Gasteiger partial charge in [-0.1, -0.05) is 11.8 Å². The predicted molar refractivity (Wildman–Crippen MR) is 74.1 cm³/mol. The van der Waals surface area contributed by atoms with Crippen LogP contribution in [0.2, 0.25) is 0 Å². The molecule has 0 unspecified atom stereocenters. The van der Waals surface area contributed by atoms with Gasteiger partial charge in [0.15, 0.2) is 0 Å². The van der Waals surface area contributed by atoms with Gasteiger partial charge >= 0.3 is 5.97 Å². The van der Waals surface area contributed by atoms with Crippen molar-refractivity contribution in [1.29, 1.82) is 0 Å². The molecule has 6 nitrogen and oxygen atoms in total. The largest absolute Gasteiger partial charge is 0.508 e. The van der Waals surface area contributed by atoms with Gasteiger partial charge in [-0.15, -0.1) is 0 Å². The second-order valence-electron chi connectivity index (χ2n) is 4.13. The van der Waals surface area contributed by atoms with Crippen molar-refractivity contribution >= 4 is 11.7 Å². The average Bonchev–Trinajstić information content (AvgIpc) is 2.46. The summed E-state index contributed by atoms with van der Waals surface area (Å²) in [5, 5.41) is 28.9. The summed E-state index contributed by atoms with van der Waals surface area (Å²) >= 11 is 0. The van der Waals surface area contributed by atoms with Crippen LogP contribution in [0, 0.1) is 22.0 Å². The molecule has 104 valence electrons. The number of aromatic carboxylic acids is 1. The van der Waals surface area contributed by atoms with E-state index in [-0.39, 0.29) is 22.6 Å². The lowest BCUT2D eigenvalue weighted by Gasteiger charge is -1.97. The molecule has 2 N–H and O–H groups in total. The topological polar surface area (TPSA) is 101 Å². The number of nitro benzene ring substituents is 1. The zero-order valence-corrected chi connectivity index (χ0v) is 10.6. The molecule has 0 spiro atoms. The third-order valence-corrected chi connectivity index (χ3v) is 2.59. The number of nitro groups is 1. The van der Waals surface area contributed by atoms with Crippen molar-refractivity contribution in [3.05, 3.63) is 69.3 Å². The summed E-state index contributed by atoms with van der Waals surface area (Å²) in [6.07, 6.45) is 0. The van der Waals surface area contributed by atoms with Crippen LogP contribution >= 0.6 is 0 Å². The minimum atomic E-state index is -1.26. The van der Waals surface area contributed by atoms with Gasteiger partial charge in [0.2, 0.25) is 0 Å². The fraction of sp³-hybridized carbons (Fsp3) is 0. The molecule has 0 fully saturated rings. The molecule has 0 saturated heterocycles. The van der Waals surface area contributed by atoms with E-state index in [1.54, 1.807) is 12.1 Å². The van der Waals surface area contributed by atoms with Crippen molar-refractivity contribution in [2.75, 3.05) is 0 Å². The first-order valence-electron chi connectivity index (χ1n) is 5.79. The number of rotatable bonds is 2. The zero-order chi connectivity index (χ0) is 15.4. The molecular weight excluding hydrogens is 274 g/mol. The maximum Gasteiger partial charge on any atom is 0.335 e. The van der Waals surface area contributed by atoms with E-state index in [0.29, 0.717) is 5.56 Å². The molecule has 0 aromatic heterocycles. The lowest BCUT2D eigenvalue weighted by atomic mass is 10.1. The Morgan fingerprint density at radius 2 is 1.67 bits per heavy atom. The Bertz CT molecular complexity index is 737. The molecule has 0 saturated carbocycles. The van der Waals surface area contributed by atoms with Crippen molar-refractivity contribution in [3.63, 3.8) is 0 Å². The number of non-ortho nitro benzene ring substituents is 1. The summed E-state index contributed by atoms with van der Waals surface area (Å²) in [5.41, 5.74) is 0.301. The minimum Gasteiger partial charge on any atom is -0.508 e. The summed E-state index contributed by atoms with van der Waals surface area (Å²) in [6, 6.07) is 9.53. The molecule has 0 aliphatic heterocycles. The van der Waals surface area contributed by atoms with Crippen LogP contribution in [0.1, 0.15) is 21.5 Å². The van der Waals surface area contributed by atoms with Gasteiger partial charge in [-0.25, -0.2) is 4.79 Å². The van der Waals surface area contributed by atoms with Gasteiger partial charge in [-0.3, -0.25) is 10.1 Å². The van der Waals surface area contributed by atoms with Crippen molar-refractivity contribution < 1.29 is 19.9 Å². The van der Waals surface area contributed by atoms with Gasteiger partial charge in [0, 0.05) is 23.3 Å². The maximum absolute atomic E-state index is 10.9. The number of carboxylic acid groups (broad SMARTS) is 1.